The molecule has 194 valence electrons. The van der Waals surface area contributed by atoms with Crippen LogP contribution in [0.15, 0.2) is 48.0 Å². The molecule has 0 spiro atoms. The van der Waals surface area contributed by atoms with E-state index in [1.165, 1.54) is 0 Å². The van der Waals surface area contributed by atoms with Crippen molar-refractivity contribution in [1.82, 2.24) is 33.7 Å². The third-order valence-electron chi connectivity index (χ3n) is 7.37. The van der Waals surface area contributed by atoms with Gasteiger partial charge in [-0.3, -0.25) is 9.78 Å². The number of anilines is 2. The second-order valence-electron chi connectivity index (χ2n) is 9.92. The summed E-state index contributed by atoms with van der Waals surface area (Å²) in [4.78, 5) is 26.7. The number of aliphatic hydroxyl groups excluding tert-OH is 1. The highest BCUT2D eigenvalue weighted by molar-refractivity contribution is 5.85. The molecule has 0 unspecified atom stereocenters. The van der Waals surface area contributed by atoms with E-state index < -0.39 is 0 Å². The van der Waals surface area contributed by atoms with Gasteiger partial charge in [-0.15, -0.1) is 0 Å². The lowest BCUT2D eigenvalue weighted by molar-refractivity contribution is 0.0471. The van der Waals surface area contributed by atoms with Crippen molar-refractivity contribution in [3.05, 3.63) is 59.2 Å². The SMILES string of the molecule is COc1c(Oc2cnn3ccncc23)cnc2nc(Nc3cc(C4CC4)cn([C@H]4C[C@@H](O)C4)c3=O)n(C)c12. The molecule has 5 heterocycles. The number of fused-ring (bicyclic) bond motifs is 2. The van der Waals surface area contributed by atoms with E-state index in [1.807, 2.05) is 19.3 Å². The molecule has 0 bridgehead atoms. The van der Waals surface area contributed by atoms with Gasteiger partial charge in [0.05, 0.1) is 31.8 Å². The van der Waals surface area contributed by atoms with Gasteiger partial charge < -0.3 is 29.0 Å². The van der Waals surface area contributed by atoms with Crippen molar-refractivity contribution in [3.63, 3.8) is 0 Å². The first kappa shape index (κ1) is 22.7. The van der Waals surface area contributed by atoms with Crippen LogP contribution in [0.5, 0.6) is 17.2 Å². The summed E-state index contributed by atoms with van der Waals surface area (Å²) in [6.07, 6.45) is 13.2. The fraction of sp³-hybridized carbons (Fsp3) is 0.346. The highest BCUT2D eigenvalue weighted by Crippen LogP contribution is 2.42. The summed E-state index contributed by atoms with van der Waals surface area (Å²) in [5, 5.41) is 17.3. The van der Waals surface area contributed by atoms with E-state index in [1.54, 1.807) is 51.7 Å². The maximum Gasteiger partial charge on any atom is 0.274 e. The largest absolute Gasteiger partial charge is 0.491 e. The number of imidazole rings is 1. The third-order valence-corrected chi connectivity index (χ3v) is 7.37. The number of methoxy groups -OCH3 is 1. The summed E-state index contributed by atoms with van der Waals surface area (Å²) < 4.78 is 17.1. The Bertz CT molecular complexity index is 1750. The first-order chi connectivity index (χ1) is 18.5. The van der Waals surface area contributed by atoms with E-state index in [0.717, 1.165) is 18.4 Å². The molecule has 5 aromatic rings. The molecule has 5 aromatic heterocycles. The van der Waals surface area contributed by atoms with Gasteiger partial charge in [0.1, 0.15) is 16.7 Å². The molecule has 2 aliphatic rings. The van der Waals surface area contributed by atoms with Gasteiger partial charge in [0.15, 0.2) is 22.9 Å². The fourth-order valence-electron chi connectivity index (χ4n) is 5.05. The Morgan fingerprint density at radius 3 is 2.76 bits per heavy atom. The zero-order valence-electron chi connectivity index (χ0n) is 20.9. The minimum Gasteiger partial charge on any atom is -0.491 e. The van der Waals surface area contributed by atoms with E-state index in [2.05, 4.69) is 25.4 Å². The van der Waals surface area contributed by atoms with Gasteiger partial charge in [0.25, 0.3) is 5.56 Å². The summed E-state index contributed by atoms with van der Waals surface area (Å²) >= 11 is 0. The van der Waals surface area contributed by atoms with Gasteiger partial charge in [-0.2, -0.15) is 10.1 Å². The predicted octanol–water partition coefficient (Wildman–Crippen LogP) is 3.29. The zero-order chi connectivity index (χ0) is 26.0. The Morgan fingerprint density at radius 2 is 2.00 bits per heavy atom. The first-order valence-corrected chi connectivity index (χ1v) is 12.6. The molecular formula is C26H26N8O4. The Kier molecular flexibility index (Phi) is 5.11. The Morgan fingerprint density at radius 1 is 1.16 bits per heavy atom. The molecule has 0 saturated heterocycles. The average Bonchev–Trinajstić information content (AvgIpc) is 3.61. The number of aryl methyl sites for hydroxylation is 1. The molecule has 0 atom stereocenters. The summed E-state index contributed by atoms with van der Waals surface area (Å²) in [6.45, 7) is 0. The van der Waals surface area contributed by atoms with E-state index >= 15 is 0 Å². The number of nitrogens with one attached hydrogen (secondary N) is 1. The van der Waals surface area contributed by atoms with Crippen LogP contribution in [0.25, 0.3) is 16.7 Å². The number of ether oxygens (including phenoxy) is 2. The maximum atomic E-state index is 13.4. The van der Waals surface area contributed by atoms with Crippen molar-refractivity contribution < 1.29 is 14.6 Å². The fourth-order valence-corrected chi connectivity index (χ4v) is 5.05. The number of nitrogens with zero attached hydrogens (tertiary/aromatic N) is 7. The van der Waals surface area contributed by atoms with Crippen LogP contribution < -0.4 is 20.3 Å². The topological polar surface area (TPSA) is 134 Å². The molecule has 12 heteroatoms. The second-order valence-corrected chi connectivity index (χ2v) is 9.92. The lowest BCUT2D eigenvalue weighted by Gasteiger charge is -2.33. The Balaban J connectivity index is 1.27. The first-order valence-electron chi connectivity index (χ1n) is 12.6. The molecule has 0 aromatic carbocycles. The third kappa shape index (κ3) is 3.67. The summed E-state index contributed by atoms with van der Waals surface area (Å²) in [6, 6.07) is 1.93. The number of hydrogen-bond donors (Lipinski definition) is 2. The minimum absolute atomic E-state index is 0.00813. The van der Waals surface area contributed by atoms with Gasteiger partial charge in [-0.05, 0) is 43.2 Å². The summed E-state index contributed by atoms with van der Waals surface area (Å²) in [5.41, 5.74) is 3.20. The van der Waals surface area contributed by atoms with Crippen LogP contribution in [-0.4, -0.2) is 52.0 Å². The van der Waals surface area contributed by atoms with E-state index in [0.29, 0.717) is 64.3 Å². The molecule has 7 rings (SSSR count). The van der Waals surface area contributed by atoms with Crippen molar-refractivity contribution in [2.75, 3.05) is 12.4 Å². The molecule has 12 nitrogen and oxygen atoms in total. The number of rotatable bonds is 7. The van der Waals surface area contributed by atoms with Crippen molar-refractivity contribution in [1.29, 1.82) is 0 Å². The van der Waals surface area contributed by atoms with Gasteiger partial charge in [-0.25, -0.2) is 9.50 Å². The van der Waals surface area contributed by atoms with Crippen molar-refractivity contribution in [2.24, 2.45) is 7.05 Å². The summed E-state index contributed by atoms with van der Waals surface area (Å²) in [7, 11) is 3.39. The highest BCUT2D eigenvalue weighted by Gasteiger charge is 2.32. The highest BCUT2D eigenvalue weighted by atomic mass is 16.5. The Labute approximate surface area is 216 Å². The van der Waals surface area contributed by atoms with E-state index in [4.69, 9.17) is 9.47 Å². The lowest BCUT2D eigenvalue weighted by Crippen LogP contribution is -2.37. The molecule has 0 amide bonds. The van der Waals surface area contributed by atoms with Gasteiger partial charge >= 0.3 is 0 Å². The van der Waals surface area contributed by atoms with Crippen LogP contribution in [-0.2, 0) is 7.05 Å². The van der Waals surface area contributed by atoms with Crippen LogP contribution in [0.3, 0.4) is 0 Å². The summed E-state index contributed by atoms with van der Waals surface area (Å²) in [5.74, 6) is 2.28. The molecular weight excluding hydrogens is 488 g/mol. The predicted molar refractivity (Wildman–Crippen MR) is 138 cm³/mol. The van der Waals surface area contributed by atoms with E-state index in [-0.39, 0.29) is 17.7 Å². The number of hydrogen-bond acceptors (Lipinski definition) is 9. The molecule has 2 saturated carbocycles. The second kappa shape index (κ2) is 8.55. The number of pyridine rings is 2. The van der Waals surface area contributed by atoms with Gasteiger partial charge in [0, 0.05) is 31.7 Å². The van der Waals surface area contributed by atoms with E-state index in [9.17, 15) is 9.90 Å². The minimum atomic E-state index is -0.348. The molecule has 2 N–H and O–H groups in total. The van der Waals surface area contributed by atoms with Gasteiger partial charge in [0.2, 0.25) is 5.95 Å². The van der Waals surface area contributed by atoms with Crippen LogP contribution in [0.4, 0.5) is 11.6 Å². The number of aromatic nitrogens is 7. The number of aliphatic hydroxyl groups is 1. The van der Waals surface area contributed by atoms with Crippen molar-refractivity contribution in [2.45, 2.75) is 43.7 Å². The quantitative estimate of drug-likeness (QED) is 0.336. The lowest BCUT2D eigenvalue weighted by atomic mass is 9.89. The normalized spacial score (nSPS) is 19.0. The van der Waals surface area contributed by atoms with Crippen molar-refractivity contribution >= 4 is 28.3 Å². The smallest absolute Gasteiger partial charge is 0.274 e. The molecule has 38 heavy (non-hydrogen) atoms. The van der Waals surface area contributed by atoms with Crippen molar-refractivity contribution in [3.8, 4) is 17.2 Å². The molecule has 2 aliphatic carbocycles. The van der Waals surface area contributed by atoms with Crippen LogP contribution >= 0.6 is 0 Å². The zero-order valence-corrected chi connectivity index (χ0v) is 20.9. The average molecular weight is 515 g/mol. The monoisotopic (exact) mass is 514 g/mol. The molecule has 0 aliphatic heterocycles. The standard InChI is InChI=1S/C26H26N8O4/c1-32-22-23(37-2)21(38-20-12-29-34-6-5-27-10-19(20)34)11-28-24(22)31-26(32)30-18-7-15(14-3-4-14)13-33(25(18)36)16-8-17(35)9-16/h5-7,10-14,16-17,35H,3-4,8-9H2,1-2H3,(H,28,30,31)/t16-,17+. The molecule has 0 radical (unpaired) electrons. The van der Waals surface area contributed by atoms with Crippen LogP contribution in [0.1, 0.15) is 43.2 Å². The van der Waals surface area contributed by atoms with Gasteiger partial charge in [-0.1, -0.05) is 0 Å². The van der Waals surface area contributed by atoms with Crippen LogP contribution in [0, 0.1) is 0 Å². The molecule has 2 fully saturated rings. The maximum absolute atomic E-state index is 13.4. The van der Waals surface area contributed by atoms with Crippen LogP contribution in [0.2, 0.25) is 0 Å². The Hall–Kier alpha value is -4.45.